The average Bonchev–Trinajstić information content (AvgIpc) is 3.50. The van der Waals surface area contributed by atoms with Crippen molar-refractivity contribution >= 4 is 60.8 Å². The minimum Gasteiger partial charge on any atom is -0.385 e. The van der Waals surface area contributed by atoms with Gasteiger partial charge in [0.15, 0.2) is 0 Å². The standard InChI is InChI=1S/C25H31ClN8O2S2/c26-20-10-9-19(23(15-20)27-11-6-14-33-12-3-1-2-4-13-33)16-28-22-7-5-8-24-21(22)17-30-34(24)38(35,36)32-25-29-18-31-37-25/h5,7-10,15,17-18,27-28H,1-4,6,11-14,16H2,(H,29,31,32). The highest BCUT2D eigenvalue weighted by Crippen LogP contribution is 2.27. The van der Waals surface area contributed by atoms with Gasteiger partial charge in [0.05, 0.1) is 11.7 Å². The summed E-state index contributed by atoms with van der Waals surface area (Å²) in [6.45, 7) is 4.91. The topological polar surface area (TPSA) is 117 Å². The smallest absolute Gasteiger partial charge is 0.345 e. The number of hydrogen-bond acceptors (Lipinski definition) is 9. The van der Waals surface area contributed by atoms with Crippen molar-refractivity contribution in [1.82, 2.24) is 23.4 Å². The van der Waals surface area contributed by atoms with Gasteiger partial charge in [-0.25, -0.2) is 9.71 Å². The summed E-state index contributed by atoms with van der Waals surface area (Å²) in [6, 6.07) is 11.3. The second-order valence-electron chi connectivity index (χ2n) is 9.27. The lowest BCUT2D eigenvalue weighted by Crippen LogP contribution is -2.27. The fraction of sp³-hybridized carbons (Fsp3) is 0.400. The molecule has 4 aromatic rings. The lowest BCUT2D eigenvalue weighted by molar-refractivity contribution is 0.284. The molecule has 0 unspecified atom stereocenters. The zero-order chi connectivity index (χ0) is 26.4. The lowest BCUT2D eigenvalue weighted by Gasteiger charge is -2.20. The van der Waals surface area contributed by atoms with Gasteiger partial charge in [-0.1, -0.05) is 36.6 Å². The monoisotopic (exact) mass is 574 g/mol. The van der Waals surface area contributed by atoms with E-state index in [1.165, 1.54) is 45.1 Å². The fourth-order valence-electron chi connectivity index (χ4n) is 4.69. The van der Waals surface area contributed by atoms with Gasteiger partial charge in [-0.3, -0.25) is 0 Å². The van der Waals surface area contributed by atoms with Crippen molar-refractivity contribution in [2.45, 2.75) is 38.6 Å². The predicted octanol–water partition coefficient (Wildman–Crippen LogP) is 5.04. The van der Waals surface area contributed by atoms with Gasteiger partial charge in [-0.2, -0.15) is 17.9 Å². The number of nitrogens with zero attached hydrogens (tertiary/aromatic N) is 5. The minimum atomic E-state index is -3.98. The molecule has 0 bridgehead atoms. The third kappa shape index (κ3) is 6.55. The maximum Gasteiger partial charge on any atom is 0.345 e. The normalized spacial score (nSPS) is 14.9. The van der Waals surface area contributed by atoms with Gasteiger partial charge >= 0.3 is 10.2 Å². The molecule has 0 amide bonds. The average molecular weight is 575 g/mol. The van der Waals surface area contributed by atoms with Crippen LogP contribution in [0.5, 0.6) is 0 Å². The summed E-state index contributed by atoms with van der Waals surface area (Å²) in [5, 5.41) is 12.7. The molecule has 0 spiro atoms. The summed E-state index contributed by atoms with van der Waals surface area (Å²) in [5.41, 5.74) is 3.30. The van der Waals surface area contributed by atoms with Gasteiger partial charge in [-0.05, 0) is 68.7 Å². The maximum absolute atomic E-state index is 12.9. The van der Waals surface area contributed by atoms with Crippen molar-refractivity contribution < 1.29 is 8.42 Å². The third-order valence-electron chi connectivity index (χ3n) is 6.59. The van der Waals surface area contributed by atoms with Crippen LogP contribution in [0.3, 0.4) is 0 Å². The van der Waals surface area contributed by atoms with Gasteiger partial charge in [0.25, 0.3) is 0 Å². The maximum atomic E-state index is 12.9. The molecule has 3 N–H and O–H groups in total. The van der Waals surface area contributed by atoms with E-state index in [0.717, 1.165) is 52.1 Å². The van der Waals surface area contributed by atoms with Gasteiger partial charge in [-0.15, -0.1) is 4.09 Å². The summed E-state index contributed by atoms with van der Waals surface area (Å²) < 4.78 is 32.9. The number of fused-ring (bicyclic) bond motifs is 1. The van der Waals surface area contributed by atoms with Crippen LogP contribution >= 0.6 is 23.1 Å². The molecular weight excluding hydrogens is 544 g/mol. The van der Waals surface area contributed by atoms with Crippen LogP contribution < -0.4 is 15.4 Å². The van der Waals surface area contributed by atoms with E-state index in [4.69, 9.17) is 11.6 Å². The second kappa shape index (κ2) is 12.3. The van der Waals surface area contributed by atoms with Crippen molar-refractivity contribution in [1.29, 1.82) is 0 Å². The Hall–Kier alpha value is -2.93. The van der Waals surface area contributed by atoms with E-state index < -0.39 is 10.2 Å². The number of rotatable bonds is 11. The van der Waals surface area contributed by atoms with Crippen LogP contribution in [0.2, 0.25) is 5.02 Å². The van der Waals surface area contributed by atoms with Crippen LogP contribution in [0, 0.1) is 0 Å². The Balaban J connectivity index is 1.25. The first-order chi connectivity index (χ1) is 18.5. The Morgan fingerprint density at radius 3 is 2.66 bits per heavy atom. The summed E-state index contributed by atoms with van der Waals surface area (Å²) >= 11 is 7.27. The van der Waals surface area contributed by atoms with Crippen molar-refractivity contribution in [3.05, 3.63) is 59.5 Å². The zero-order valence-corrected chi connectivity index (χ0v) is 23.3. The molecule has 13 heteroatoms. The first-order valence-electron chi connectivity index (χ1n) is 12.7. The molecule has 2 aromatic heterocycles. The molecule has 0 aliphatic carbocycles. The van der Waals surface area contributed by atoms with Gasteiger partial charge < -0.3 is 15.5 Å². The molecule has 0 atom stereocenters. The van der Waals surface area contributed by atoms with Crippen molar-refractivity contribution in [3.63, 3.8) is 0 Å². The van der Waals surface area contributed by atoms with Gasteiger partial charge in [0.2, 0.25) is 5.13 Å². The van der Waals surface area contributed by atoms with Crippen molar-refractivity contribution in [2.75, 3.05) is 41.5 Å². The molecule has 1 aliphatic heterocycles. The second-order valence-corrected chi connectivity index (χ2v) is 12.0. The minimum absolute atomic E-state index is 0.178. The molecule has 202 valence electrons. The highest BCUT2D eigenvalue weighted by atomic mass is 35.5. The largest absolute Gasteiger partial charge is 0.385 e. The fourth-order valence-corrected chi connectivity index (χ4v) is 6.56. The van der Waals surface area contributed by atoms with Crippen LogP contribution in [-0.2, 0) is 16.8 Å². The first-order valence-corrected chi connectivity index (χ1v) is 15.3. The number of aromatic nitrogens is 4. The molecule has 10 nitrogen and oxygen atoms in total. The van der Waals surface area contributed by atoms with Crippen molar-refractivity contribution in [3.8, 4) is 0 Å². The zero-order valence-electron chi connectivity index (χ0n) is 20.9. The molecule has 1 aliphatic rings. The van der Waals surface area contributed by atoms with Crippen LogP contribution in [0.25, 0.3) is 10.9 Å². The van der Waals surface area contributed by atoms with Gasteiger partial charge in [0.1, 0.15) is 6.33 Å². The van der Waals surface area contributed by atoms with E-state index in [9.17, 15) is 8.42 Å². The van der Waals surface area contributed by atoms with E-state index in [1.54, 1.807) is 18.3 Å². The van der Waals surface area contributed by atoms with Crippen LogP contribution in [0.15, 0.2) is 48.9 Å². The number of halogens is 1. The van der Waals surface area contributed by atoms with E-state index in [2.05, 4.69) is 34.7 Å². The Morgan fingerprint density at radius 1 is 1.03 bits per heavy atom. The van der Waals surface area contributed by atoms with Crippen LogP contribution in [-0.4, -0.2) is 58.0 Å². The summed E-state index contributed by atoms with van der Waals surface area (Å²) in [5.74, 6) is 0. The van der Waals surface area contributed by atoms with Crippen molar-refractivity contribution in [2.24, 2.45) is 0 Å². The molecule has 2 aromatic carbocycles. The Bertz CT molecular complexity index is 1450. The quantitative estimate of drug-likeness (QED) is 0.213. The Kier molecular flexibility index (Phi) is 8.62. The van der Waals surface area contributed by atoms with E-state index >= 15 is 0 Å². The third-order valence-corrected chi connectivity index (χ3v) is 8.73. The summed E-state index contributed by atoms with van der Waals surface area (Å²) in [7, 11) is -3.98. The SMILES string of the molecule is O=S(=O)(Nc1ncns1)n1ncc2c(NCc3ccc(Cl)cc3NCCCN3CCCCCC3)cccc21. The number of hydrogen-bond donors (Lipinski definition) is 3. The highest BCUT2D eigenvalue weighted by Gasteiger charge is 2.20. The van der Waals surface area contributed by atoms with E-state index in [-0.39, 0.29) is 5.13 Å². The number of nitrogens with one attached hydrogen (secondary N) is 3. The molecule has 0 radical (unpaired) electrons. The molecule has 1 fully saturated rings. The molecule has 3 heterocycles. The Morgan fingerprint density at radius 2 is 1.87 bits per heavy atom. The van der Waals surface area contributed by atoms with Crippen LogP contribution in [0.1, 0.15) is 37.7 Å². The summed E-state index contributed by atoms with van der Waals surface area (Å²) in [4.78, 5) is 6.46. The number of anilines is 3. The number of benzene rings is 2. The molecule has 0 saturated carbocycles. The number of likely N-dealkylation sites (tertiary alicyclic amines) is 1. The Labute approximate surface area is 231 Å². The molecule has 38 heavy (non-hydrogen) atoms. The predicted molar refractivity (Wildman–Crippen MR) is 154 cm³/mol. The molecular formula is C25H31ClN8O2S2. The summed E-state index contributed by atoms with van der Waals surface area (Å²) in [6.07, 6.45) is 9.20. The van der Waals surface area contributed by atoms with Crippen LogP contribution in [0.4, 0.5) is 16.5 Å². The molecule has 5 rings (SSSR count). The van der Waals surface area contributed by atoms with Gasteiger partial charge in [0, 0.05) is 46.4 Å². The first kappa shape index (κ1) is 26.7. The van der Waals surface area contributed by atoms with E-state index in [1.807, 2.05) is 24.3 Å². The van der Waals surface area contributed by atoms with E-state index in [0.29, 0.717) is 22.5 Å². The highest BCUT2D eigenvalue weighted by molar-refractivity contribution is 7.91. The molecule has 1 saturated heterocycles. The lowest BCUT2D eigenvalue weighted by atomic mass is 10.1.